The molecular formula is C30H54N4O2. The van der Waals surface area contributed by atoms with Gasteiger partial charge < -0.3 is 19.9 Å². The zero-order chi connectivity index (χ0) is 27.2. The van der Waals surface area contributed by atoms with Crippen LogP contribution in [0.3, 0.4) is 0 Å². The monoisotopic (exact) mass is 502 g/mol. The first-order chi connectivity index (χ1) is 17.6. The summed E-state index contributed by atoms with van der Waals surface area (Å²) < 4.78 is 4.32. The van der Waals surface area contributed by atoms with Crippen molar-refractivity contribution in [2.24, 2.45) is 0 Å². The van der Waals surface area contributed by atoms with E-state index in [0.29, 0.717) is 19.0 Å². The molecule has 1 aromatic heterocycles. The second-order valence-electron chi connectivity index (χ2n) is 8.66. The van der Waals surface area contributed by atoms with Crippen LogP contribution in [0.4, 0.5) is 11.4 Å². The summed E-state index contributed by atoms with van der Waals surface area (Å²) >= 11 is 0. The average Bonchev–Trinajstić information content (AvgIpc) is 3.35. The standard InChI is InChI=1S/C18H28N4.C5H8O2.C5H12.C2H6/c1-4-22(5-2)17-12-15-14(11-16(17)19-3)20-18(21-15)13-9-7-6-8-10-13;1-2-3-4-7-5-6;1-3-5-4-2;1-2/h11-13,19H,4-10H2,1-3H3,(H,20,21);2,5H,1,3-4H2;3-5H2,1-2H3;1-2H3. The van der Waals surface area contributed by atoms with E-state index in [0.717, 1.165) is 30.5 Å². The van der Waals surface area contributed by atoms with Crippen LogP contribution in [0.5, 0.6) is 0 Å². The molecule has 0 amide bonds. The number of benzene rings is 1. The van der Waals surface area contributed by atoms with E-state index in [9.17, 15) is 4.79 Å². The van der Waals surface area contributed by atoms with Crippen LogP contribution in [0.2, 0.25) is 0 Å². The highest BCUT2D eigenvalue weighted by Gasteiger charge is 2.20. The van der Waals surface area contributed by atoms with Gasteiger partial charge in [-0.25, -0.2) is 4.98 Å². The fraction of sp³-hybridized carbons (Fsp3) is 0.667. The zero-order valence-electron chi connectivity index (χ0n) is 24.3. The van der Waals surface area contributed by atoms with Crippen LogP contribution in [-0.2, 0) is 9.53 Å². The Morgan fingerprint density at radius 1 is 1.11 bits per heavy atom. The number of H-pyrrole nitrogens is 1. The predicted octanol–water partition coefficient (Wildman–Crippen LogP) is 8.46. The summed E-state index contributed by atoms with van der Waals surface area (Å²) in [6.07, 6.45) is 13.1. The molecule has 1 heterocycles. The van der Waals surface area contributed by atoms with E-state index in [1.165, 1.54) is 68.6 Å². The fourth-order valence-corrected chi connectivity index (χ4v) is 4.21. The maximum Gasteiger partial charge on any atom is 0.293 e. The van der Waals surface area contributed by atoms with Gasteiger partial charge in [0.1, 0.15) is 5.82 Å². The number of carbonyl (C=O) groups is 1. The molecule has 0 saturated heterocycles. The summed E-state index contributed by atoms with van der Waals surface area (Å²) in [7, 11) is 1.99. The lowest BCUT2D eigenvalue weighted by Crippen LogP contribution is -2.22. The Kier molecular flexibility index (Phi) is 20.2. The van der Waals surface area contributed by atoms with E-state index in [1.54, 1.807) is 6.08 Å². The first kappa shape index (κ1) is 33.5. The number of fused-ring (bicyclic) bond motifs is 1. The van der Waals surface area contributed by atoms with Crippen molar-refractivity contribution in [2.45, 2.75) is 105 Å². The molecule has 36 heavy (non-hydrogen) atoms. The van der Waals surface area contributed by atoms with Crippen molar-refractivity contribution in [2.75, 3.05) is 37.0 Å². The molecule has 1 saturated carbocycles. The largest absolute Gasteiger partial charge is 0.468 e. The quantitative estimate of drug-likeness (QED) is 0.183. The number of hydrogen-bond donors (Lipinski definition) is 2. The number of aromatic nitrogens is 2. The summed E-state index contributed by atoms with van der Waals surface area (Å²) in [4.78, 5) is 20.3. The van der Waals surface area contributed by atoms with Crippen LogP contribution in [0.1, 0.15) is 111 Å². The lowest BCUT2D eigenvalue weighted by atomic mass is 9.89. The van der Waals surface area contributed by atoms with Gasteiger partial charge in [0.25, 0.3) is 6.47 Å². The number of anilines is 2. The number of aromatic amines is 1. The summed E-state index contributed by atoms with van der Waals surface area (Å²) in [5.41, 5.74) is 4.68. The minimum absolute atomic E-state index is 0.434. The highest BCUT2D eigenvalue weighted by molar-refractivity contribution is 5.88. The van der Waals surface area contributed by atoms with Gasteiger partial charge in [-0.3, -0.25) is 4.79 Å². The fourth-order valence-electron chi connectivity index (χ4n) is 4.21. The third kappa shape index (κ3) is 12.0. The third-order valence-corrected chi connectivity index (χ3v) is 6.20. The topological polar surface area (TPSA) is 70.2 Å². The normalized spacial score (nSPS) is 12.6. The highest BCUT2D eigenvalue weighted by Crippen LogP contribution is 2.35. The predicted molar refractivity (Wildman–Crippen MR) is 158 cm³/mol. The van der Waals surface area contributed by atoms with Gasteiger partial charge >= 0.3 is 0 Å². The number of hydrogen-bond acceptors (Lipinski definition) is 5. The van der Waals surface area contributed by atoms with Gasteiger partial charge in [-0.15, -0.1) is 6.58 Å². The van der Waals surface area contributed by atoms with Crippen LogP contribution in [0, 0.1) is 0 Å². The molecule has 2 aromatic rings. The SMILES string of the molecule is C=CCCOC=O.CC.CCCCC.CCN(CC)c1cc2nc(C3CCCCC3)[nH]c2cc1NC. The van der Waals surface area contributed by atoms with Gasteiger partial charge in [0.15, 0.2) is 0 Å². The van der Waals surface area contributed by atoms with Gasteiger partial charge in [-0.1, -0.05) is 72.3 Å². The molecule has 2 N–H and O–H groups in total. The van der Waals surface area contributed by atoms with Crippen LogP contribution in [0.25, 0.3) is 11.0 Å². The minimum atomic E-state index is 0.434. The lowest BCUT2D eigenvalue weighted by Gasteiger charge is -2.23. The van der Waals surface area contributed by atoms with E-state index in [4.69, 9.17) is 4.98 Å². The van der Waals surface area contributed by atoms with E-state index >= 15 is 0 Å². The van der Waals surface area contributed by atoms with Crippen molar-refractivity contribution in [3.8, 4) is 0 Å². The molecule has 1 aliphatic rings. The lowest BCUT2D eigenvalue weighted by molar-refractivity contribution is -0.128. The molecule has 3 rings (SSSR count). The third-order valence-electron chi connectivity index (χ3n) is 6.20. The summed E-state index contributed by atoms with van der Waals surface area (Å²) in [6.45, 7) is 19.2. The van der Waals surface area contributed by atoms with Gasteiger partial charge in [0.05, 0.1) is 29.0 Å². The van der Waals surface area contributed by atoms with Crippen molar-refractivity contribution in [3.63, 3.8) is 0 Å². The van der Waals surface area contributed by atoms with E-state index in [2.05, 4.69) is 66.3 Å². The van der Waals surface area contributed by atoms with Crippen LogP contribution in [-0.4, -0.2) is 43.2 Å². The van der Waals surface area contributed by atoms with Crippen molar-refractivity contribution >= 4 is 28.9 Å². The highest BCUT2D eigenvalue weighted by atomic mass is 16.5. The van der Waals surface area contributed by atoms with Crippen molar-refractivity contribution in [3.05, 3.63) is 30.6 Å². The van der Waals surface area contributed by atoms with E-state index in [1.807, 2.05) is 20.9 Å². The molecule has 0 spiro atoms. The van der Waals surface area contributed by atoms with Gasteiger partial charge in [0.2, 0.25) is 0 Å². The van der Waals surface area contributed by atoms with Crippen LogP contribution >= 0.6 is 0 Å². The van der Waals surface area contributed by atoms with Crippen molar-refractivity contribution < 1.29 is 9.53 Å². The van der Waals surface area contributed by atoms with Crippen LogP contribution < -0.4 is 10.2 Å². The summed E-state index contributed by atoms with van der Waals surface area (Å²) in [5.74, 6) is 1.81. The molecule has 6 heteroatoms. The number of carbonyl (C=O) groups excluding carboxylic acids is 1. The van der Waals surface area contributed by atoms with E-state index < -0.39 is 0 Å². The zero-order valence-corrected chi connectivity index (χ0v) is 24.3. The number of rotatable bonds is 11. The molecule has 1 aromatic carbocycles. The smallest absolute Gasteiger partial charge is 0.293 e. The number of unbranched alkanes of at least 4 members (excludes halogenated alkanes) is 2. The molecule has 6 nitrogen and oxygen atoms in total. The van der Waals surface area contributed by atoms with Gasteiger partial charge in [-0.2, -0.15) is 0 Å². The van der Waals surface area contributed by atoms with Gasteiger partial charge in [0, 0.05) is 26.1 Å². The Labute approximate surface area is 221 Å². The molecule has 206 valence electrons. The maximum absolute atomic E-state index is 9.42. The Hall–Kier alpha value is -2.50. The molecule has 0 radical (unpaired) electrons. The van der Waals surface area contributed by atoms with Crippen LogP contribution in [0.15, 0.2) is 24.8 Å². The first-order valence-corrected chi connectivity index (χ1v) is 14.2. The van der Waals surface area contributed by atoms with Crippen molar-refractivity contribution in [1.82, 2.24) is 9.97 Å². The van der Waals surface area contributed by atoms with Gasteiger partial charge in [-0.05, 0) is 45.2 Å². The minimum Gasteiger partial charge on any atom is -0.468 e. The summed E-state index contributed by atoms with van der Waals surface area (Å²) in [6, 6.07) is 4.44. The Morgan fingerprint density at radius 3 is 2.22 bits per heavy atom. The number of nitrogens with zero attached hydrogens (tertiary/aromatic N) is 2. The van der Waals surface area contributed by atoms with Crippen molar-refractivity contribution in [1.29, 1.82) is 0 Å². The molecule has 0 bridgehead atoms. The number of nitrogens with one attached hydrogen (secondary N) is 2. The Bertz CT molecular complexity index is 799. The first-order valence-electron chi connectivity index (χ1n) is 14.2. The maximum atomic E-state index is 9.42. The average molecular weight is 503 g/mol. The molecule has 0 unspecified atom stereocenters. The number of ether oxygens (including phenoxy) is 1. The molecule has 1 aliphatic carbocycles. The Morgan fingerprint density at radius 2 is 1.75 bits per heavy atom. The second-order valence-corrected chi connectivity index (χ2v) is 8.66. The molecule has 0 aliphatic heterocycles. The molecule has 1 fully saturated rings. The second kappa shape index (κ2) is 21.8. The van der Waals surface area contributed by atoms with E-state index in [-0.39, 0.29) is 0 Å². The summed E-state index contributed by atoms with van der Waals surface area (Å²) in [5, 5.41) is 3.34. The Balaban J connectivity index is 0.000000728. The molecular weight excluding hydrogens is 448 g/mol. The molecule has 0 atom stereocenters. The number of imidazole rings is 1.